The molecule has 0 aromatic heterocycles. The van der Waals surface area contributed by atoms with Crippen LogP contribution < -0.4 is 14.8 Å². The van der Waals surface area contributed by atoms with E-state index in [0.29, 0.717) is 40.5 Å². The molecule has 1 amide bonds. The first-order valence-electron chi connectivity index (χ1n) is 16.1. The highest BCUT2D eigenvalue weighted by Gasteiger charge is 2.21. The zero-order chi connectivity index (χ0) is 34.3. The minimum absolute atomic E-state index is 0.104. The van der Waals surface area contributed by atoms with Crippen molar-refractivity contribution in [1.82, 2.24) is 4.90 Å². The van der Waals surface area contributed by atoms with Crippen LogP contribution in [0.5, 0.6) is 17.2 Å². The maximum atomic E-state index is 12.7. The number of amides is 1. The molecule has 0 fully saturated rings. The Morgan fingerprint density at radius 3 is 2.04 bits per heavy atom. The number of rotatable bonds is 18. The van der Waals surface area contributed by atoms with E-state index in [0.717, 1.165) is 18.4 Å². The number of nitrogens with zero attached hydrogens (tertiary/aromatic N) is 1. The van der Waals surface area contributed by atoms with Crippen molar-refractivity contribution in [3.05, 3.63) is 119 Å². The first-order chi connectivity index (χ1) is 23.2. The summed E-state index contributed by atoms with van der Waals surface area (Å²) in [5.41, 5.74) is 2.79. The zero-order valence-corrected chi connectivity index (χ0v) is 27.0. The predicted molar refractivity (Wildman–Crippen MR) is 182 cm³/mol. The topological polar surface area (TPSA) is 146 Å². The Bertz CT molecular complexity index is 1610. The van der Waals surface area contributed by atoms with Crippen LogP contribution in [-0.4, -0.2) is 51.2 Å². The molecule has 252 valence electrons. The Balaban J connectivity index is 1.29. The van der Waals surface area contributed by atoms with Crippen molar-refractivity contribution >= 4 is 23.5 Å². The van der Waals surface area contributed by atoms with E-state index < -0.39 is 24.7 Å². The minimum atomic E-state index is -1.24. The lowest BCUT2D eigenvalue weighted by atomic mass is 10.1. The number of anilines is 1. The summed E-state index contributed by atoms with van der Waals surface area (Å²) in [6, 6.07) is 26.3. The van der Waals surface area contributed by atoms with Gasteiger partial charge in [0.1, 0.15) is 23.5 Å². The predicted octanol–water partition coefficient (Wildman–Crippen LogP) is 6.72. The second-order valence-corrected chi connectivity index (χ2v) is 11.5. The first kappa shape index (κ1) is 35.7. The van der Waals surface area contributed by atoms with E-state index in [1.165, 1.54) is 36.3 Å². The summed E-state index contributed by atoms with van der Waals surface area (Å²) < 4.78 is 11.3. The van der Waals surface area contributed by atoms with E-state index in [2.05, 4.69) is 12.2 Å². The molecule has 4 rings (SSSR count). The number of hydrogen-bond acceptors (Lipinski definition) is 8. The molecule has 4 aromatic carbocycles. The molecule has 0 bridgehead atoms. The van der Waals surface area contributed by atoms with Gasteiger partial charge in [-0.1, -0.05) is 69.0 Å². The number of hydrogen-bond donors (Lipinski definition) is 4. The molecule has 1 atom stereocenters. The van der Waals surface area contributed by atoms with E-state index in [4.69, 9.17) is 9.47 Å². The van der Waals surface area contributed by atoms with Gasteiger partial charge < -0.3 is 30.1 Å². The zero-order valence-electron chi connectivity index (χ0n) is 27.0. The lowest BCUT2D eigenvalue weighted by molar-refractivity contribution is -0.142. The molecule has 0 saturated carbocycles. The third kappa shape index (κ3) is 11.6. The second-order valence-electron chi connectivity index (χ2n) is 11.5. The number of ether oxygens (including phenoxy) is 2. The highest BCUT2D eigenvalue weighted by molar-refractivity contribution is 5.92. The van der Waals surface area contributed by atoms with Crippen molar-refractivity contribution in [2.24, 2.45) is 0 Å². The molecule has 4 aromatic rings. The van der Waals surface area contributed by atoms with Crippen LogP contribution in [0.2, 0.25) is 0 Å². The summed E-state index contributed by atoms with van der Waals surface area (Å²) in [6.07, 6.45) is 4.64. The number of carboxylic acid groups (broad SMARTS) is 1. The third-order valence-electron chi connectivity index (χ3n) is 7.60. The van der Waals surface area contributed by atoms with Gasteiger partial charge in [-0.3, -0.25) is 14.5 Å². The first-order valence-corrected chi connectivity index (χ1v) is 16.1. The van der Waals surface area contributed by atoms with Crippen LogP contribution in [0.3, 0.4) is 0 Å². The molecule has 0 aliphatic rings. The van der Waals surface area contributed by atoms with Crippen molar-refractivity contribution in [2.75, 3.05) is 18.5 Å². The standard InChI is InChI=1S/C38H42N2O8/c1-2-3-4-5-6-23-47-33-21-13-30(14-22-33)38(46)48-34-19-9-28(10-20-34)25-40(26-36(43)44)37(45)29-11-15-31(16-12-29)39-35(42)24-27-7-17-32(41)18-8-27/h7-22,37,41,45H,2-6,23-26H2,1H3,(H,39,42)(H,43,44). The normalized spacial score (nSPS) is 11.6. The molecule has 0 aliphatic heterocycles. The highest BCUT2D eigenvalue weighted by atomic mass is 16.5. The van der Waals surface area contributed by atoms with Crippen molar-refractivity contribution in [3.8, 4) is 17.2 Å². The van der Waals surface area contributed by atoms with Crippen molar-refractivity contribution in [1.29, 1.82) is 0 Å². The smallest absolute Gasteiger partial charge is 0.343 e. The van der Waals surface area contributed by atoms with E-state index in [1.54, 1.807) is 84.9 Å². The van der Waals surface area contributed by atoms with Gasteiger partial charge in [-0.15, -0.1) is 0 Å². The van der Waals surface area contributed by atoms with Gasteiger partial charge in [0.25, 0.3) is 0 Å². The van der Waals surface area contributed by atoms with E-state index in [9.17, 15) is 29.7 Å². The van der Waals surface area contributed by atoms with Gasteiger partial charge in [-0.05, 0) is 83.8 Å². The summed E-state index contributed by atoms with van der Waals surface area (Å²) in [5.74, 6) is -0.733. The highest BCUT2D eigenvalue weighted by Crippen LogP contribution is 2.24. The van der Waals surface area contributed by atoms with E-state index >= 15 is 0 Å². The molecular weight excluding hydrogens is 612 g/mol. The summed E-state index contributed by atoms with van der Waals surface area (Å²) in [6.45, 7) is 2.49. The number of carbonyl (C=O) groups excluding carboxylic acids is 2. The maximum Gasteiger partial charge on any atom is 0.343 e. The molecule has 1 unspecified atom stereocenters. The number of unbranched alkanes of at least 4 members (excludes halogenated alkanes) is 4. The van der Waals surface area contributed by atoms with Crippen LogP contribution in [0.15, 0.2) is 97.1 Å². The van der Waals surface area contributed by atoms with E-state index in [1.807, 2.05) is 0 Å². The van der Waals surface area contributed by atoms with Crippen LogP contribution in [0.1, 0.15) is 72.3 Å². The maximum absolute atomic E-state index is 12.7. The number of carboxylic acids is 1. The average Bonchev–Trinajstić information content (AvgIpc) is 3.08. The molecule has 4 N–H and O–H groups in total. The Morgan fingerprint density at radius 2 is 1.40 bits per heavy atom. The molecule has 48 heavy (non-hydrogen) atoms. The monoisotopic (exact) mass is 654 g/mol. The summed E-state index contributed by atoms with van der Waals surface area (Å²) >= 11 is 0. The number of aromatic hydroxyl groups is 1. The average molecular weight is 655 g/mol. The molecule has 0 radical (unpaired) electrons. The molecule has 10 nitrogen and oxygen atoms in total. The Morgan fingerprint density at radius 1 is 0.771 bits per heavy atom. The summed E-state index contributed by atoms with van der Waals surface area (Å²) in [7, 11) is 0. The molecule has 0 saturated heterocycles. The van der Waals surface area contributed by atoms with Crippen LogP contribution >= 0.6 is 0 Å². The Labute approximate surface area is 280 Å². The molecule has 0 aliphatic carbocycles. The van der Waals surface area contributed by atoms with Crippen molar-refractivity contribution < 1.29 is 39.2 Å². The van der Waals surface area contributed by atoms with Gasteiger partial charge >= 0.3 is 11.9 Å². The number of aliphatic hydroxyl groups is 1. The number of phenols is 1. The molecular formula is C38H42N2O8. The second kappa shape index (κ2) is 18.2. The van der Waals surface area contributed by atoms with Crippen LogP contribution in [-0.2, 0) is 22.6 Å². The lowest BCUT2D eigenvalue weighted by Crippen LogP contribution is -2.33. The number of nitrogens with one attached hydrogen (secondary N) is 1. The van der Waals surface area contributed by atoms with Gasteiger partial charge in [0.05, 0.1) is 25.1 Å². The van der Waals surface area contributed by atoms with Gasteiger partial charge in [0, 0.05) is 12.2 Å². The van der Waals surface area contributed by atoms with Crippen LogP contribution in [0.4, 0.5) is 5.69 Å². The van der Waals surface area contributed by atoms with Gasteiger partial charge in [-0.25, -0.2) is 4.79 Å². The lowest BCUT2D eigenvalue weighted by Gasteiger charge is -2.27. The number of carbonyl (C=O) groups is 3. The number of esters is 1. The fourth-order valence-corrected chi connectivity index (χ4v) is 5.00. The van der Waals surface area contributed by atoms with Crippen molar-refractivity contribution in [3.63, 3.8) is 0 Å². The quantitative estimate of drug-likeness (QED) is 0.0398. The molecule has 0 heterocycles. The minimum Gasteiger partial charge on any atom is -0.508 e. The number of phenolic OH excluding ortho intramolecular Hbond substituents is 1. The van der Waals surface area contributed by atoms with Gasteiger partial charge in [0.15, 0.2) is 0 Å². The van der Waals surface area contributed by atoms with Crippen LogP contribution in [0.25, 0.3) is 0 Å². The van der Waals surface area contributed by atoms with Gasteiger partial charge in [0.2, 0.25) is 5.91 Å². The van der Waals surface area contributed by atoms with Crippen molar-refractivity contribution in [2.45, 2.75) is 58.2 Å². The Kier molecular flexibility index (Phi) is 13.5. The largest absolute Gasteiger partial charge is 0.508 e. The van der Waals surface area contributed by atoms with E-state index in [-0.39, 0.29) is 24.6 Å². The molecule has 10 heteroatoms. The third-order valence-corrected chi connectivity index (χ3v) is 7.60. The SMILES string of the molecule is CCCCCCCOc1ccc(C(=O)Oc2ccc(CN(CC(=O)O)C(O)c3ccc(NC(=O)Cc4ccc(O)cc4)cc3)cc2)cc1. The molecule has 0 spiro atoms. The number of benzene rings is 4. The van der Waals surface area contributed by atoms with Crippen LogP contribution in [0, 0.1) is 0 Å². The fraction of sp³-hybridized carbons (Fsp3) is 0.289. The summed E-state index contributed by atoms with van der Waals surface area (Å²) in [4.78, 5) is 38.1. The summed E-state index contributed by atoms with van der Waals surface area (Å²) in [5, 5.41) is 32.8. The van der Waals surface area contributed by atoms with Gasteiger partial charge in [-0.2, -0.15) is 0 Å². The fourth-order valence-electron chi connectivity index (χ4n) is 5.00. The Hall–Kier alpha value is -5.19. The number of aliphatic carboxylic acids is 1. The number of aliphatic hydroxyl groups excluding tert-OH is 1.